The normalized spacial score (nSPS) is 34.1. The lowest BCUT2D eigenvalue weighted by Gasteiger charge is -2.12. The van der Waals surface area contributed by atoms with Crippen molar-refractivity contribution in [1.82, 2.24) is 4.90 Å². The molecule has 0 amide bonds. The molecule has 0 aromatic heterocycles. The van der Waals surface area contributed by atoms with Crippen molar-refractivity contribution in [2.45, 2.75) is 25.8 Å². The van der Waals surface area contributed by atoms with Crippen LogP contribution in [0.1, 0.15) is 19.8 Å². The first-order valence-corrected chi connectivity index (χ1v) is 3.81. The molecule has 0 bridgehead atoms. The largest absolute Gasteiger partial charge is 0.303 e. The predicted octanol–water partition coefficient (Wildman–Crippen LogP) is 1.24. The average molecular weight is 138 g/mol. The van der Waals surface area contributed by atoms with Gasteiger partial charge in [-0.1, -0.05) is 0 Å². The van der Waals surface area contributed by atoms with Crippen molar-refractivity contribution >= 4 is 0 Å². The van der Waals surface area contributed by atoms with Gasteiger partial charge < -0.3 is 4.90 Å². The first-order chi connectivity index (χ1) is 4.74. The van der Waals surface area contributed by atoms with E-state index < -0.39 is 0 Å². The quantitative estimate of drug-likeness (QED) is 0.545. The summed E-state index contributed by atoms with van der Waals surface area (Å²) >= 11 is 0. The molecule has 0 aromatic rings. The van der Waals surface area contributed by atoms with Crippen LogP contribution in [0.25, 0.3) is 0 Å². The molecule has 1 rings (SSSR count). The van der Waals surface area contributed by atoms with E-state index in [0.717, 1.165) is 13.0 Å². The highest BCUT2D eigenvalue weighted by Crippen LogP contribution is 2.22. The zero-order chi connectivity index (χ0) is 7.56. The van der Waals surface area contributed by atoms with Crippen molar-refractivity contribution in [3.8, 4) is 6.07 Å². The molecule has 1 aliphatic rings. The molecule has 0 aliphatic carbocycles. The Morgan fingerprint density at radius 3 is 2.80 bits per heavy atom. The molecule has 0 saturated carbocycles. The highest BCUT2D eigenvalue weighted by molar-refractivity contribution is 4.86. The lowest BCUT2D eigenvalue weighted by molar-refractivity contribution is 0.326. The van der Waals surface area contributed by atoms with Crippen molar-refractivity contribution in [2.24, 2.45) is 5.92 Å². The van der Waals surface area contributed by atoms with E-state index in [-0.39, 0.29) is 0 Å². The Bertz CT molecular complexity index is 138. The third-order valence-electron chi connectivity index (χ3n) is 2.35. The Hall–Kier alpha value is -0.550. The third kappa shape index (κ3) is 1.48. The smallest absolute Gasteiger partial charge is 0.0625 e. The summed E-state index contributed by atoms with van der Waals surface area (Å²) in [5.41, 5.74) is 0. The van der Waals surface area contributed by atoms with Gasteiger partial charge in [0, 0.05) is 19.0 Å². The lowest BCUT2D eigenvalue weighted by Crippen LogP contribution is -2.21. The summed E-state index contributed by atoms with van der Waals surface area (Å²) in [5.74, 6) is 0.630. The molecule has 10 heavy (non-hydrogen) atoms. The molecule has 0 aromatic carbocycles. The maximum Gasteiger partial charge on any atom is 0.0625 e. The van der Waals surface area contributed by atoms with Gasteiger partial charge in [0.2, 0.25) is 0 Å². The number of hydrogen-bond acceptors (Lipinski definition) is 2. The van der Waals surface area contributed by atoms with Crippen molar-refractivity contribution < 1.29 is 0 Å². The SMILES string of the molecule is C[C@@H]1CC(CC#N)CN1C. The van der Waals surface area contributed by atoms with E-state index in [2.05, 4.69) is 24.9 Å². The van der Waals surface area contributed by atoms with Crippen LogP contribution in [0.5, 0.6) is 0 Å². The van der Waals surface area contributed by atoms with E-state index in [4.69, 9.17) is 5.26 Å². The van der Waals surface area contributed by atoms with Crippen LogP contribution in [0.2, 0.25) is 0 Å². The number of likely N-dealkylation sites (tertiary alicyclic amines) is 1. The molecule has 1 heterocycles. The van der Waals surface area contributed by atoms with Crippen LogP contribution >= 0.6 is 0 Å². The van der Waals surface area contributed by atoms with Crippen LogP contribution in [-0.4, -0.2) is 24.5 Å². The minimum absolute atomic E-state index is 0.630. The Kier molecular flexibility index (Phi) is 2.29. The molecule has 2 atom stereocenters. The minimum atomic E-state index is 0.630. The van der Waals surface area contributed by atoms with Gasteiger partial charge in [0.05, 0.1) is 6.07 Å². The maximum atomic E-state index is 8.43. The zero-order valence-electron chi connectivity index (χ0n) is 6.67. The predicted molar refractivity (Wildman–Crippen MR) is 40.4 cm³/mol. The minimum Gasteiger partial charge on any atom is -0.303 e. The van der Waals surface area contributed by atoms with Crippen molar-refractivity contribution in [3.05, 3.63) is 0 Å². The van der Waals surface area contributed by atoms with Gasteiger partial charge in [-0.05, 0) is 26.3 Å². The second-order valence-electron chi connectivity index (χ2n) is 3.25. The molecule has 56 valence electrons. The number of nitriles is 1. The highest BCUT2D eigenvalue weighted by Gasteiger charge is 2.25. The van der Waals surface area contributed by atoms with Gasteiger partial charge in [-0.15, -0.1) is 0 Å². The topological polar surface area (TPSA) is 27.0 Å². The van der Waals surface area contributed by atoms with Crippen molar-refractivity contribution in [1.29, 1.82) is 5.26 Å². The van der Waals surface area contributed by atoms with Gasteiger partial charge in [0.25, 0.3) is 0 Å². The van der Waals surface area contributed by atoms with Gasteiger partial charge >= 0.3 is 0 Å². The number of rotatable bonds is 1. The monoisotopic (exact) mass is 138 g/mol. The molecular weight excluding hydrogens is 124 g/mol. The Labute approximate surface area is 62.4 Å². The second kappa shape index (κ2) is 3.03. The molecule has 0 radical (unpaired) electrons. The summed E-state index contributed by atoms with van der Waals surface area (Å²) in [7, 11) is 2.13. The van der Waals surface area contributed by atoms with Crippen molar-refractivity contribution in [2.75, 3.05) is 13.6 Å². The van der Waals surface area contributed by atoms with Crippen molar-refractivity contribution in [3.63, 3.8) is 0 Å². The summed E-state index contributed by atoms with van der Waals surface area (Å²) in [6.07, 6.45) is 1.93. The van der Waals surface area contributed by atoms with E-state index in [0.29, 0.717) is 12.0 Å². The van der Waals surface area contributed by atoms with E-state index in [9.17, 15) is 0 Å². The van der Waals surface area contributed by atoms with Gasteiger partial charge in [0.1, 0.15) is 0 Å². The third-order valence-corrected chi connectivity index (χ3v) is 2.35. The molecule has 0 spiro atoms. The molecular formula is C8H14N2. The van der Waals surface area contributed by atoms with Crippen LogP contribution in [-0.2, 0) is 0 Å². The van der Waals surface area contributed by atoms with Crippen LogP contribution in [0, 0.1) is 17.2 Å². The first kappa shape index (κ1) is 7.56. The summed E-state index contributed by atoms with van der Waals surface area (Å²) < 4.78 is 0. The highest BCUT2D eigenvalue weighted by atomic mass is 15.1. The van der Waals surface area contributed by atoms with E-state index in [1.165, 1.54) is 6.42 Å². The van der Waals surface area contributed by atoms with E-state index in [1.54, 1.807) is 0 Å². The van der Waals surface area contributed by atoms with E-state index >= 15 is 0 Å². The lowest BCUT2D eigenvalue weighted by atomic mass is 10.0. The molecule has 2 heteroatoms. The summed E-state index contributed by atoms with van der Waals surface area (Å²) in [5, 5.41) is 8.43. The Morgan fingerprint density at radius 2 is 2.40 bits per heavy atom. The van der Waals surface area contributed by atoms with Crippen LogP contribution in [0.15, 0.2) is 0 Å². The van der Waals surface area contributed by atoms with E-state index in [1.807, 2.05) is 0 Å². The Balaban J connectivity index is 2.35. The molecule has 1 fully saturated rings. The standard InChI is InChI=1S/C8H14N2/c1-7-5-8(3-4-9)6-10(7)2/h7-8H,3,5-6H2,1-2H3/t7-,8?/m1/s1. The molecule has 1 unspecified atom stereocenters. The molecule has 1 aliphatic heterocycles. The summed E-state index contributed by atoms with van der Waals surface area (Å²) in [6, 6.07) is 2.90. The van der Waals surface area contributed by atoms with Gasteiger partial charge in [-0.2, -0.15) is 5.26 Å². The second-order valence-corrected chi connectivity index (χ2v) is 3.25. The van der Waals surface area contributed by atoms with Crippen LogP contribution < -0.4 is 0 Å². The first-order valence-electron chi connectivity index (χ1n) is 3.81. The average Bonchev–Trinajstić information content (AvgIpc) is 2.14. The fourth-order valence-corrected chi connectivity index (χ4v) is 1.60. The van der Waals surface area contributed by atoms with Crippen LogP contribution in [0.4, 0.5) is 0 Å². The molecule has 2 nitrogen and oxygen atoms in total. The maximum absolute atomic E-state index is 8.43. The molecule has 1 saturated heterocycles. The Morgan fingerprint density at radius 1 is 1.70 bits per heavy atom. The molecule has 0 N–H and O–H groups in total. The summed E-state index contributed by atoms with van der Waals surface area (Å²) in [4.78, 5) is 2.32. The number of hydrogen-bond donors (Lipinski definition) is 0. The fourth-order valence-electron chi connectivity index (χ4n) is 1.60. The van der Waals surface area contributed by atoms with Gasteiger partial charge in [0.15, 0.2) is 0 Å². The summed E-state index contributed by atoms with van der Waals surface area (Å²) in [6.45, 7) is 3.33. The fraction of sp³-hybridized carbons (Fsp3) is 0.875. The number of nitrogens with zero attached hydrogens (tertiary/aromatic N) is 2. The van der Waals surface area contributed by atoms with Gasteiger partial charge in [-0.25, -0.2) is 0 Å². The van der Waals surface area contributed by atoms with Gasteiger partial charge in [-0.3, -0.25) is 0 Å². The van der Waals surface area contributed by atoms with Crippen LogP contribution in [0.3, 0.4) is 0 Å². The zero-order valence-corrected chi connectivity index (χ0v) is 6.67.